The Morgan fingerprint density at radius 1 is 0.844 bits per heavy atom. The molecule has 4 aromatic rings. The maximum Gasteiger partial charge on any atom is 0.256 e. The van der Waals surface area contributed by atoms with Crippen LogP contribution in [0.1, 0.15) is 38.2 Å². The van der Waals surface area contributed by atoms with E-state index in [-0.39, 0.29) is 5.91 Å². The van der Waals surface area contributed by atoms with Crippen LogP contribution in [-0.4, -0.2) is 18.0 Å². The smallest absolute Gasteiger partial charge is 0.256 e. The van der Waals surface area contributed by atoms with Gasteiger partial charge in [-0.15, -0.1) is 0 Å². The molecule has 0 aliphatic carbocycles. The molecule has 0 unspecified atom stereocenters. The van der Waals surface area contributed by atoms with Crippen LogP contribution < -0.4 is 10.1 Å². The topological polar surface area (TPSA) is 51.2 Å². The Hall–Kier alpha value is -3.66. The molecule has 0 spiro atoms. The lowest BCUT2D eigenvalue weighted by molar-refractivity contribution is 0.102. The van der Waals surface area contributed by atoms with Crippen molar-refractivity contribution in [1.29, 1.82) is 0 Å². The Morgan fingerprint density at radius 2 is 1.47 bits per heavy atom. The number of carbonyl (C=O) groups excluding carboxylic acids is 1. The number of aromatic nitrogens is 1. The lowest BCUT2D eigenvalue weighted by Gasteiger charge is -2.17. The van der Waals surface area contributed by atoms with E-state index in [0.29, 0.717) is 5.56 Å². The third-order valence-corrected chi connectivity index (χ3v) is 5.74. The number of ether oxygens (including phenoxy) is 1. The number of pyridine rings is 1. The number of aryl methyl sites for hydroxylation is 4. The summed E-state index contributed by atoms with van der Waals surface area (Å²) in [4.78, 5) is 18.6. The molecule has 0 aliphatic heterocycles. The first kappa shape index (κ1) is 21.6. The van der Waals surface area contributed by atoms with Gasteiger partial charge in [-0.3, -0.25) is 4.79 Å². The number of nitrogens with zero attached hydrogens (tertiary/aromatic N) is 1. The van der Waals surface area contributed by atoms with Crippen molar-refractivity contribution in [1.82, 2.24) is 4.98 Å². The molecule has 32 heavy (non-hydrogen) atoms. The van der Waals surface area contributed by atoms with Crippen LogP contribution in [0.3, 0.4) is 0 Å². The fraction of sp³-hybridized carbons (Fsp3) is 0.214. The minimum absolute atomic E-state index is 0.125. The quantitative estimate of drug-likeness (QED) is 0.396. The Labute approximate surface area is 189 Å². The number of rotatable bonds is 4. The van der Waals surface area contributed by atoms with E-state index in [1.54, 1.807) is 7.11 Å². The first-order valence-electron chi connectivity index (χ1n) is 10.7. The number of carbonyl (C=O) groups is 1. The van der Waals surface area contributed by atoms with Gasteiger partial charge in [0.05, 0.1) is 23.9 Å². The van der Waals surface area contributed by atoms with Gasteiger partial charge in [0.2, 0.25) is 0 Å². The van der Waals surface area contributed by atoms with Gasteiger partial charge in [-0.1, -0.05) is 17.7 Å². The third-order valence-electron chi connectivity index (χ3n) is 5.74. The molecule has 0 fully saturated rings. The molecule has 1 heterocycles. The Kier molecular flexibility index (Phi) is 5.70. The summed E-state index contributed by atoms with van der Waals surface area (Å²) in [5.74, 6) is 0.659. The summed E-state index contributed by atoms with van der Waals surface area (Å²) in [5, 5.41) is 4.00. The molecule has 0 saturated heterocycles. The minimum atomic E-state index is -0.125. The molecule has 4 rings (SSSR count). The van der Waals surface area contributed by atoms with Crippen molar-refractivity contribution in [3.8, 4) is 17.0 Å². The van der Waals surface area contributed by atoms with Gasteiger partial charge in [-0.05, 0) is 99.3 Å². The number of amides is 1. The molecule has 4 heteroatoms. The van der Waals surface area contributed by atoms with Crippen molar-refractivity contribution >= 4 is 22.5 Å². The maximum absolute atomic E-state index is 13.6. The van der Waals surface area contributed by atoms with E-state index in [0.717, 1.165) is 61.4 Å². The second-order valence-electron chi connectivity index (χ2n) is 8.50. The molecule has 0 bridgehead atoms. The fourth-order valence-electron chi connectivity index (χ4n) is 4.38. The average Bonchev–Trinajstić information content (AvgIpc) is 2.72. The lowest BCUT2D eigenvalue weighted by Crippen LogP contribution is -2.16. The highest BCUT2D eigenvalue weighted by atomic mass is 16.5. The summed E-state index contributed by atoms with van der Waals surface area (Å²) in [7, 11) is 1.65. The van der Waals surface area contributed by atoms with Crippen LogP contribution in [0.4, 0.5) is 5.69 Å². The van der Waals surface area contributed by atoms with Gasteiger partial charge in [0.15, 0.2) is 0 Å². The summed E-state index contributed by atoms with van der Waals surface area (Å²) in [5.41, 5.74) is 9.29. The number of methoxy groups -OCH3 is 1. The summed E-state index contributed by atoms with van der Waals surface area (Å²) in [6, 6.07) is 18.0. The Bertz CT molecular complexity index is 1320. The molecular weight excluding hydrogens is 396 g/mol. The highest BCUT2D eigenvalue weighted by molar-refractivity contribution is 6.15. The second-order valence-corrected chi connectivity index (χ2v) is 8.50. The number of hydrogen-bond acceptors (Lipinski definition) is 3. The van der Waals surface area contributed by atoms with E-state index in [4.69, 9.17) is 9.72 Å². The number of benzene rings is 3. The summed E-state index contributed by atoms with van der Waals surface area (Å²) < 4.78 is 5.30. The largest absolute Gasteiger partial charge is 0.497 e. The molecule has 0 aliphatic rings. The molecule has 1 N–H and O–H groups in total. The van der Waals surface area contributed by atoms with Crippen LogP contribution in [0.15, 0.2) is 54.6 Å². The number of fused-ring (bicyclic) bond motifs is 1. The van der Waals surface area contributed by atoms with E-state index >= 15 is 0 Å². The highest BCUT2D eigenvalue weighted by Crippen LogP contribution is 2.33. The maximum atomic E-state index is 13.6. The molecule has 4 nitrogen and oxygen atoms in total. The molecule has 0 atom stereocenters. The van der Waals surface area contributed by atoms with Crippen LogP contribution in [0.5, 0.6) is 5.75 Å². The van der Waals surface area contributed by atoms with Crippen molar-refractivity contribution in [2.75, 3.05) is 12.4 Å². The third kappa shape index (κ3) is 4.09. The van der Waals surface area contributed by atoms with Crippen LogP contribution in [0.25, 0.3) is 22.2 Å². The normalized spacial score (nSPS) is 10.9. The highest BCUT2D eigenvalue weighted by Gasteiger charge is 2.20. The number of hydrogen-bond donors (Lipinski definition) is 1. The average molecular weight is 425 g/mol. The van der Waals surface area contributed by atoms with Gasteiger partial charge in [-0.25, -0.2) is 4.98 Å². The predicted octanol–water partition coefficient (Wildman–Crippen LogP) is 6.70. The Balaban J connectivity index is 1.92. The summed E-state index contributed by atoms with van der Waals surface area (Å²) >= 11 is 0. The van der Waals surface area contributed by atoms with Crippen molar-refractivity contribution in [3.05, 3.63) is 88.0 Å². The molecule has 0 radical (unpaired) electrons. The molecule has 0 saturated carbocycles. The second kappa shape index (κ2) is 8.46. The lowest BCUT2D eigenvalue weighted by atomic mass is 9.94. The first-order chi connectivity index (χ1) is 15.3. The van der Waals surface area contributed by atoms with Crippen molar-refractivity contribution in [2.24, 2.45) is 0 Å². The molecule has 1 amide bonds. The van der Waals surface area contributed by atoms with Gasteiger partial charge in [0, 0.05) is 16.6 Å². The number of anilines is 1. The number of nitrogens with one attached hydrogen (secondary N) is 1. The zero-order chi connectivity index (χ0) is 23.0. The molecule has 3 aromatic carbocycles. The van der Waals surface area contributed by atoms with Gasteiger partial charge in [-0.2, -0.15) is 0 Å². The zero-order valence-electron chi connectivity index (χ0n) is 19.5. The summed E-state index contributed by atoms with van der Waals surface area (Å²) in [6.45, 7) is 10.1. The van der Waals surface area contributed by atoms with E-state index in [1.807, 2.05) is 71.0 Å². The van der Waals surface area contributed by atoms with Gasteiger partial charge < -0.3 is 10.1 Å². The van der Waals surface area contributed by atoms with Crippen LogP contribution in [0, 0.1) is 34.6 Å². The SMILES string of the molecule is COc1ccc(-c2nc3c(C)cc(C)cc3c(C(=O)Nc3cc(C)cc(C)c3)c2C)cc1. The molecule has 162 valence electrons. The van der Waals surface area contributed by atoms with Crippen molar-refractivity contribution in [2.45, 2.75) is 34.6 Å². The van der Waals surface area contributed by atoms with Crippen LogP contribution in [0.2, 0.25) is 0 Å². The van der Waals surface area contributed by atoms with Gasteiger partial charge in [0.25, 0.3) is 5.91 Å². The minimum Gasteiger partial charge on any atom is -0.497 e. The molecular formula is C28H28N2O2. The molecule has 1 aromatic heterocycles. The van der Waals surface area contributed by atoms with E-state index < -0.39 is 0 Å². The zero-order valence-corrected chi connectivity index (χ0v) is 19.5. The van der Waals surface area contributed by atoms with Crippen molar-refractivity contribution < 1.29 is 9.53 Å². The fourth-order valence-corrected chi connectivity index (χ4v) is 4.38. The predicted molar refractivity (Wildman–Crippen MR) is 132 cm³/mol. The van der Waals surface area contributed by atoms with Gasteiger partial charge >= 0.3 is 0 Å². The summed E-state index contributed by atoms with van der Waals surface area (Å²) in [6.07, 6.45) is 0. The van der Waals surface area contributed by atoms with Crippen LogP contribution >= 0.6 is 0 Å². The van der Waals surface area contributed by atoms with E-state index in [1.165, 1.54) is 0 Å². The standard InChI is InChI=1S/C28H28N2O2/c1-16-11-17(2)14-22(13-16)29-28(31)25-20(5)27(21-7-9-23(32-6)10-8-21)30-26-19(4)12-18(3)15-24(25)26/h7-15H,1-6H3,(H,29,31). The van der Waals surface area contributed by atoms with E-state index in [9.17, 15) is 4.79 Å². The Morgan fingerprint density at radius 3 is 2.09 bits per heavy atom. The van der Waals surface area contributed by atoms with Crippen molar-refractivity contribution in [3.63, 3.8) is 0 Å². The van der Waals surface area contributed by atoms with Gasteiger partial charge in [0.1, 0.15) is 5.75 Å². The monoisotopic (exact) mass is 424 g/mol. The van der Waals surface area contributed by atoms with Crippen LogP contribution in [-0.2, 0) is 0 Å². The first-order valence-corrected chi connectivity index (χ1v) is 10.7. The van der Waals surface area contributed by atoms with E-state index in [2.05, 4.69) is 23.5 Å².